The van der Waals surface area contributed by atoms with Gasteiger partial charge in [0, 0.05) is 38.1 Å². The number of pyridine rings is 1. The van der Waals surface area contributed by atoms with Crippen LogP contribution in [0.5, 0.6) is 0 Å². The molecule has 2 heterocycles. The quantitative estimate of drug-likeness (QED) is 0.762. The van der Waals surface area contributed by atoms with Crippen LogP contribution >= 0.6 is 0 Å². The maximum atomic E-state index is 13.7. The van der Waals surface area contributed by atoms with Gasteiger partial charge in [-0.2, -0.15) is 13.2 Å². The monoisotopic (exact) mass is 422 g/mol. The lowest BCUT2D eigenvalue weighted by Gasteiger charge is -2.29. The minimum Gasteiger partial charge on any atom is -0.378 e. The van der Waals surface area contributed by atoms with E-state index in [0.29, 0.717) is 37.8 Å². The average Bonchev–Trinajstić information content (AvgIpc) is 2.75. The van der Waals surface area contributed by atoms with Crippen LogP contribution in [0.15, 0.2) is 36.5 Å². The lowest BCUT2D eigenvalue weighted by atomic mass is 10.1. The summed E-state index contributed by atoms with van der Waals surface area (Å²) in [7, 11) is 0. The zero-order chi connectivity index (χ0) is 21.7. The number of ether oxygens (including phenoxy) is 1. The van der Waals surface area contributed by atoms with Crippen LogP contribution in [0.1, 0.15) is 29.8 Å². The molecule has 0 atom stereocenters. The summed E-state index contributed by atoms with van der Waals surface area (Å²) in [5.74, 6) is 0.0700. The third-order valence-electron chi connectivity index (χ3n) is 5.03. The van der Waals surface area contributed by atoms with Gasteiger partial charge in [0.15, 0.2) is 0 Å². The van der Waals surface area contributed by atoms with Crippen molar-refractivity contribution in [2.45, 2.75) is 20.0 Å². The molecular weight excluding hydrogens is 397 g/mol. The Labute approximate surface area is 173 Å². The highest BCUT2D eigenvalue weighted by atomic mass is 19.4. The summed E-state index contributed by atoms with van der Waals surface area (Å²) in [6.45, 7) is 7.49. The standard InChI is InChI=1S/C21H25F3N4O2/c1-3-27(4-2)19-8-5-15(14-25-19)20(29)26-18-7-6-16(13-17(18)21(22,23)24)28-9-11-30-12-10-28/h5-8,13-14H,3-4,9-12H2,1-2H3,(H,26,29). The van der Waals surface area contributed by atoms with Gasteiger partial charge in [-0.3, -0.25) is 4.79 Å². The predicted molar refractivity (Wildman–Crippen MR) is 110 cm³/mol. The number of carbonyl (C=O) groups is 1. The number of nitrogens with zero attached hydrogens (tertiary/aromatic N) is 3. The Bertz CT molecular complexity index is 862. The molecule has 1 fully saturated rings. The van der Waals surface area contributed by atoms with Crippen molar-refractivity contribution in [2.24, 2.45) is 0 Å². The van der Waals surface area contributed by atoms with Gasteiger partial charge in [-0.15, -0.1) is 0 Å². The Morgan fingerprint density at radius 3 is 2.43 bits per heavy atom. The molecule has 1 saturated heterocycles. The van der Waals surface area contributed by atoms with E-state index in [4.69, 9.17) is 4.74 Å². The topological polar surface area (TPSA) is 57.7 Å². The maximum absolute atomic E-state index is 13.7. The first-order chi connectivity index (χ1) is 14.3. The lowest BCUT2D eigenvalue weighted by Crippen LogP contribution is -2.36. The molecule has 1 amide bonds. The minimum absolute atomic E-state index is 0.191. The Balaban J connectivity index is 1.81. The molecule has 1 aliphatic rings. The number of amides is 1. The zero-order valence-corrected chi connectivity index (χ0v) is 17.0. The second-order valence-electron chi connectivity index (χ2n) is 6.86. The van der Waals surface area contributed by atoms with Crippen molar-refractivity contribution >= 4 is 23.1 Å². The van der Waals surface area contributed by atoms with E-state index in [1.54, 1.807) is 18.2 Å². The molecule has 1 aliphatic heterocycles. The van der Waals surface area contributed by atoms with Crippen molar-refractivity contribution in [3.8, 4) is 0 Å². The van der Waals surface area contributed by atoms with Crippen LogP contribution in [0, 0.1) is 0 Å². The summed E-state index contributed by atoms with van der Waals surface area (Å²) in [4.78, 5) is 20.6. The summed E-state index contributed by atoms with van der Waals surface area (Å²) in [6.07, 6.45) is -3.23. The molecule has 0 radical (unpaired) electrons. The molecule has 1 aromatic heterocycles. The van der Waals surface area contributed by atoms with Gasteiger partial charge >= 0.3 is 6.18 Å². The van der Waals surface area contributed by atoms with Crippen LogP contribution in [0.25, 0.3) is 0 Å². The van der Waals surface area contributed by atoms with Crippen LogP contribution in [-0.2, 0) is 10.9 Å². The summed E-state index contributed by atoms with van der Waals surface area (Å²) >= 11 is 0. The average molecular weight is 422 g/mol. The van der Waals surface area contributed by atoms with E-state index in [1.807, 2.05) is 23.6 Å². The molecule has 30 heavy (non-hydrogen) atoms. The molecule has 6 nitrogen and oxygen atoms in total. The number of hydrogen-bond acceptors (Lipinski definition) is 5. The number of alkyl halides is 3. The molecule has 9 heteroatoms. The maximum Gasteiger partial charge on any atom is 0.418 e. The van der Waals surface area contributed by atoms with Crippen LogP contribution in [-0.4, -0.2) is 50.3 Å². The SMILES string of the molecule is CCN(CC)c1ccc(C(=O)Nc2ccc(N3CCOCC3)cc2C(F)(F)F)cn1. The van der Waals surface area contributed by atoms with E-state index >= 15 is 0 Å². The van der Waals surface area contributed by atoms with E-state index in [2.05, 4.69) is 10.3 Å². The number of aromatic nitrogens is 1. The van der Waals surface area contributed by atoms with Crippen LogP contribution in [0.4, 0.5) is 30.4 Å². The number of benzene rings is 1. The van der Waals surface area contributed by atoms with Crippen LogP contribution in [0.3, 0.4) is 0 Å². The Kier molecular flexibility index (Phi) is 6.81. The highest BCUT2D eigenvalue weighted by molar-refractivity contribution is 6.04. The Morgan fingerprint density at radius 1 is 1.17 bits per heavy atom. The number of anilines is 3. The van der Waals surface area contributed by atoms with E-state index in [9.17, 15) is 18.0 Å². The fourth-order valence-electron chi connectivity index (χ4n) is 3.34. The van der Waals surface area contributed by atoms with Crippen LogP contribution in [0.2, 0.25) is 0 Å². The largest absolute Gasteiger partial charge is 0.418 e. The number of rotatable bonds is 6. The second kappa shape index (κ2) is 9.34. The van der Waals surface area contributed by atoms with Gasteiger partial charge in [-0.05, 0) is 44.2 Å². The molecule has 162 valence electrons. The zero-order valence-electron chi connectivity index (χ0n) is 17.0. The van der Waals surface area contributed by atoms with Gasteiger partial charge in [0.2, 0.25) is 0 Å². The third-order valence-corrected chi connectivity index (χ3v) is 5.03. The van der Waals surface area contributed by atoms with Crippen molar-refractivity contribution in [3.63, 3.8) is 0 Å². The summed E-state index contributed by atoms with van der Waals surface area (Å²) in [5.41, 5.74) is -0.518. The fraction of sp³-hybridized carbons (Fsp3) is 0.429. The molecule has 1 N–H and O–H groups in total. The first kappa shape index (κ1) is 21.9. The Morgan fingerprint density at radius 2 is 1.87 bits per heavy atom. The number of hydrogen-bond donors (Lipinski definition) is 1. The first-order valence-electron chi connectivity index (χ1n) is 9.89. The van der Waals surface area contributed by atoms with E-state index < -0.39 is 17.6 Å². The number of carbonyl (C=O) groups excluding carboxylic acids is 1. The smallest absolute Gasteiger partial charge is 0.378 e. The Hall–Kier alpha value is -2.81. The van der Waals surface area contributed by atoms with Gasteiger partial charge in [-0.25, -0.2) is 4.98 Å². The summed E-state index contributed by atoms with van der Waals surface area (Å²) < 4.78 is 46.2. The highest BCUT2D eigenvalue weighted by Crippen LogP contribution is 2.37. The van der Waals surface area contributed by atoms with E-state index in [0.717, 1.165) is 19.2 Å². The van der Waals surface area contributed by atoms with Crippen molar-refractivity contribution in [2.75, 3.05) is 54.5 Å². The normalized spacial score (nSPS) is 14.5. The molecule has 3 rings (SSSR count). The molecular formula is C21H25F3N4O2. The molecule has 0 saturated carbocycles. The fourth-order valence-corrected chi connectivity index (χ4v) is 3.34. The van der Waals surface area contributed by atoms with E-state index in [1.165, 1.54) is 12.3 Å². The first-order valence-corrected chi connectivity index (χ1v) is 9.89. The van der Waals surface area contributed by atoms with Gasteiger partial charge < -0.3 is 19.9 Å². The number of halogens is 3. The summed E-state index contributed by atoms with van der Waals surface area (Å²) in [5, 5.41) is 2.38. The number of nitrogens with one attached hydrogen (secondary N) is 1. The van der Waals surface area contributed by atoms with E-state index in [-0.39, 0.29) is 11.3 Å². The van der Waals surface area contributed by atoms with Crippen molar-refractivity contribution in [1.29, 1.82) is 0 Å². The van der Waals surface area contributed by atoms with Crippen molar-refractivity contribution in [3.05, 3.63) is 47.7 Å². The molecule has 2 aromatic rings. The van der Waals surface area contributed by atoms with Gasteiger partial charge in [0.05, 0.1) is 30.0 Å². The van der Waals surface area contributed by atoms with Crippen molar-refractivity contribution < 1.29 is 22.7 Å². The van der Waals surface area contributed by atoms with Gasteiger partial charge in [-0.1, -0.05) is 0 Å². The minimum atomic E-state index is -4.60. The summed E-state index contributed by atoms with van der Waals surface area (Å²) in [6, 6.07) is 7.20. The molecule has 1 aromatic carbocycles. The van der Waals surface area contributed by atoms with Gasteiger partial charge in [0.1, 0.15) is 5.82 Å². The second-order valence-corrected chi connectivity index (χ2v) is 6.86. The number of morpholine rings is 1. The molecule has 0 spiro atoms. The molecule has 0 unspecified atom stereocenters. The van der Waals surface area contributed by atoms with Gasteiger partial charge in [0.25, 0.3) is 5.91 Å². The highest BCUT2D eigenvalue weighted by Gasteiger charge is 2.35. The molecule has 0 aliphatic carbocycles. The predicted octanol–water partition coefficient (Wildman–Crippen LogP) is 4.04. The van der Waals surface area contributed by atoms with Crippen LogP contribution < -0.4 is 15.1 Å². The molecule has 0 bridgehead atoms. The lowest BCUT2D eigenvalue weighted by molar-refractivity contribution is -0.136. The van der Waals surface area contributed by atoms with Crippen molar-refractivity contribution in [1.82, 2.24) is 4.98 Å². The third kappa shape index (κ3) is 5.02.